The molecule has 0 radical (unpaired) electrons. The number of aromatic nitrogens is 1. The summed E-state index contributed by atoms with van der Waals surface area (Å²) in [7, 11) is 0. The topological polar surface area (TPSA) is 34.0 Å². The van der Waals surface area contributed by atoms with Crippen molar-refractivity contribution in [3.05, 3.63) is 88.4 Å². The normalized spacial score (nSPS) is 10.6. The van der Waals surface area contributed by atoms with Crippen molar-refractivity contribution in [2.45, 2.75) is 13.0 Å². The van der Waals surface area contributed by atoms with E-state index in [1.807, 2.05) is 53.4 Å². The Balaban J connectivity index is 1.58. The van der Waals surface area contributed by atoms with E-state index in [9.17, 15) is 9.18 Å². The van der Waals surface area contributed by atoms with E-state index in [2.05, 4.69) is 21.2 Å². The van der Waals surface area contributed by atoms with Gasteiger partial charge in [-0.3, -0.25) is 4.79 Å². The van der Waals surface area contributed by atoms with Crippen LogP contribution in [0.15, 0.2) is 71.5 Å². The monoisotopic (exact) mass is 386 g/mol. The molecule has 0 saturated carbocycles. The number of hydrogen-bond acceptors (Lipinski definition) is 1. The number of benzene rings is 2. The maximum atomic E-state index is 13.7. The van der Waals surface area contributed by atoms with E-state index in [0.29, 0.717) is 5.56 Å². The van der Waals surface area contributed by atoms with Gasteiger partial charge in [0.2, 0.25) is 5.91 Å². The molecule has 1 N–H and O–H groups in total. The number of carbonyl (C=O) groups excluding carboxylic acids is 1. The van der Waals surface area contributed by atoms with Crippen LogP contribution in [0.1, 0.15) is 11.1 Å². The first-order chi connectivity index (χ1) is 11.6. The molecular weight excluding hydrogens is 371 g/mol. The van der Waals surface area contributed by atoms with Gasteiger partial charge in [-0.2, -0.15) is 0 Å². The van der Waals surface area contributed by atoms with Crippen LogP contribution in [0.25, 0.3) is 5.69 Å². The van der Waals surface area contributed by atoms with Crippen molar-refractivity contribution in [1.82, 2.24) is 9.88 Å². The molecule has 122 valence electrons. The fraction of sp³-hybridized carbons (Fsp3) is 0.105. The van der Waals surface area contributed by atoms with Crippen molar-refractivity contribution in [3.63, 3.8) is 0 Å². The molecule has 3 rings (SSSR count). The Morgan fingerprint density at radius 3 is 2.50 bits per heavy atom. The van der Waals surface area contributed by atoms with Gasteiger partial charge in [0, 0.05) is 34.7 Å². The van der Waals surface area contributed by atoms with Gasteiger partial charge >= 0.3 is 0 Å². The molecule has 0 fully saturated rings. The van der Waals surface area contributed by atoms with Crippen molar-refractivity contribution in [1.29, 1.82) is 0 Å². The minimum absolute atomic E-state index is 0.136. The first-order valence-corrected chi connectivity index (χ1v) is 8.34. The van der Waals surface area contributed by atoms with Gasteiger partial charge in [-0.1, -0.05) is 28.1 Å². The third-order valence-electron chi connectivity index (χ3n) is 3.69. The molecule has 0 spiro atoms. The number of carbonyl (C=O) groups is 1. The van der Waals surface area contributed by atoms with Gasteiger partial charge in [0.15, 0.2) is 0 Å². The molecule has 1 amide bonds. The highest BCUT2D eigenvalue weighted by Gasteiger charge is 2.07. The van der Waals surface area contributed by atoms with Gasteiger partial charge in [0.05, 0.1) is 6.42 Å². The molecule has 0 atom stereocenters. The zero-order chi connectivity index (χ0) is 16.9. The Morgan fingerprint density at radius 2 is 1.79 bits per heavy atom. The lowest BCUT2D eigenvalue weighted by molar-refractivity contribution is -0.120. The summed E-state index contributed by atoms with van der Waals surface area (Å²) in [6.45, 7) is 0.172. The second-order valence-corrected chi connectivity index (χ2v) is 6.36. The highest BCUT2D eigenvalue weighted by molar-refractivity contribution is 9.10. The molecule has 2 aromatic carbocycles. The van der Waals surface area contributed by atoms with E-state index < -0.39 is 0 Å². The van der Waals surface area contributed by atoms with Crippen molar-refractivity contribution < 1.29 is 9.18 Å². The maximum absolute atomic E-state index is 13.7. The van der Waals surface area contributed by atoms with E-state index in [1.165, 1.54) is 6.07 Å². The quantitative estimate of drug-likeness (QED) is 0.698. The largest absolute Gasteiger partial charge is 0.352 e. The summed E-state index contributed by atoms with van der Waals surface area (Å²) in [5, 5.41) is 2.75. The van der Waals surface area contributed by atoms with Crippen molar-refractivity contribution in [3.8, 4) is 5.69 Å². The van der Waals surface area contributed by atoms with Crippen LogP contribution in [0.5, 0.6) is 0 Å². The predicted octanol–water partition coefficient (Wildman–Crippen LogP) is 4.24. The average Bonchev–Trinajstić information content (AvgIpc) is 3.11. The van der Waals surface area contributed by atoms with Gasteiger partial charge in [0.25, 0.3) is 0 Å². The van der Waals surface area contributed by atoms with Crippen molar-refractivity contribution in [2.24, 2.45) is 0 Å². The van der Waals surface area contributed by atoms with Crippen LogP contribution in [0.4, 0.5) is 4.39 Å². The Kier molecular flexibility index (Phi) is 5.11. The smallest absolute Gasteiger partial charge is 0.224 e. The van der Waals surface area contributed by atoms with Crippen molar-refractivity contribution >= 4 is 21.8 Å². The van der Waals surface area contributed by atoms with Crippen LogP contribution in [-0.4, -0.2) is 10.5 Å². The summed E-state index contributed by atoms with van der Waals surface area (Å²) in [6.07, 6.45) is 4.20. The second-order valence-electron chi connectivity index (χ2n) is 5.45. The number of nitrogens with zero attached hydrogens (tertiary/aromatic N) is 1. The molecular formula is C19H16BrFN2O. The molecule has 5 heteroatoms. The van der Waals surface area contributed by atoms with Crippen LogP contribution in [-0.2, 0) is 17.8 Å². The average molecular weight is 387 g/mol. The summed E-state index contributed by atoms with van der Waals surface area (Å²) in [5.41, 5.74) is 2.42. The van der Waals surface area contributed by atoms with E-state index in [1.54, 1.807) is 12.1 Å². The van der Waals surface area contributed by atoms with E-state index in [-0.39, 0.29) is 24.7 Å². The first kappa shape index (κ1) is 16.5. The van der Waals surface area contributed by atoms with Crippen LogP contribution in [0.2, 0.25) is 0 Å². The standard InChI is InChI=1S/C19H16BrFN2O/c20-16-5-8-18(21)15(12-16)13-22-19(24)11-14-3-6-17(7-4-14)23-9-1-2-10-23/h1-10,12H,11,13H2,(H,22,24). The van der Waals surface area contributed by atoms with Gasteiger partial charge in [-0.05, 0) is 48.0 Å². The minimum atomic E-state index is -0.324. The summed E-state index contributed by atoms with van der Waals surface area (Å²) in [4.78, 5) is 12.0. The lowest BCUT2D eigenvalue weighted by atomic mass is 10.1. The SMILES string of the molecule is O=C(Cc1ccc(-n2cccc2)cc1)NCc1cc(Br)ccc1F. The number of amides is 1. The Labute approximate surface area is 148 Å². The zero-order valence-electron chi connectivity index (χ0n) is 12.9. The van der Waals surface area contributed by atoms with Gasteiger partial charge in [-0.25, -0.2) is 4.39 Å². The van der Waals surface area contributed by atoms with E-state index >= 15 is 0 Å². The number of nitrogens with one attached hydrogen (secondary N) is 1. The summed E-state index contributed by atoms with van der Waals surface area (Å²) in [5.74, 6) is -0.460. The molecule has 24 heavy (non-hydrogen) atoms. The zero-order valence-corrected chi connectivity index (χ0v) is 14.5. The Hall–Kier alpha value is -2.40. The lowest BCUT2D eigenvalue weighted by Crippen LogP contribution is -2.25. The highest BCUT2D eigenvalue weighted by atomic mass is 79.9. The second kappa shape index (κ2) is 7.45. The fourth-order valence-electron chi connectivity index (χ4n) is 2.41. The molecule has 1 aromatic heterocycles. The number of rotatable bonds is 5. The molecule has 0 saturated heterocycles. The van der Waals surface area contributed by atoms with Crippen LogP contribution in [0.3, 0.4) is 0 Å². The molecule has 0 aliphatic heterocycles. The van der Waals surface area contributed by atoms with Crippen LogP contribution >= 0.6 is 15.9 Å². The molecule has 3 aromatic rings. The lowest BCUT2D eigenvalue weighted by Gasteiger charge is -2.08. The summed E-state index contributed by atoms with van der Waals surface area (Å²) in [6, 6.07) is 16.4. The Morgan fingerprint density at radius 1 is 1.08 bits per heavy atom. The molecule has 1 heterocycles. The molecule has 0 bridgehead atoms. The molecule has 3 nitrogen and oxygen atoms in total. The van der Waals surface area contributed by atoms with E-state index in [0.717, 1.165) is 15.7 Å². The minimum Gasteiger partial charge on any atom is -0.352 e. The van der Waals surface area contributed by atoms with Crippen LogP contribution < -0.4 is 5.32 Å². The molecule has 0 aliphatic carbocycles. The van der Waals surface area contributed by atoms with Gasteiger partial charge < -0.3 is 9.88 Å². The maximum Gasteiger partial charge on any atom is 0.224 e. The van der Waals surface area contributed by atoms with Gasteiger partial charge in [-0.15, -0.1) is 0 Å². The third-order valence-corrected chi connectivity index (χ3v) is 4.18. The Bertz CT molecular complexity index is 829. The third kappa shape index (κ3) is 4.11. The van der Waals surface area contributed by atoms with Crippen molar-refractivity contribution in [2.75, 3.05) is 0 Å². The molecule has 0 unspecified atom stereocenters. The van der Waals surface area contributed by atoms with Gasteiger partial charge in [0.1, 0.15) is 5.82 Å². The fourth-order valence-corrected chi connectivity index (χ4v) is 2.82. The summed E-state index contributed by atoms with van der Waals surface area (Å²) < 4.78 is 16.4. The van der Waals surface area contributed by atoms with Crippen LogP contribution in [0, 0.1) is 5.82 Å². The first-order valence-electron chi connectivity index (χ1n) is 7.55. The highest BCUT2D eigenvalue weighted by Crippen LogP contribution is 2.15. The molecule has 0 aliphatic rings. The predicted molar refractivity (Wildman–Crippen MR) is 95.4 cm³/mol. The van der Waals surface area contributed by atoms with E-state index in [4.69, 9.17) is 0 Å². The number of hydrogen-bond donors (Lipinski definition) is 1. The summed E-state index contributed by atoms with van der Waals surface area (Å²) >= 11 is 3.30. The number of halogens is 2.